The summed E-state index contributed by atoms with van der Waals surface area (Å²) in [5.41, 5.74) is 0.587. The second-order valence-corrected chi connectivity index (χ2v) is 8.50. The third-order valence-electron chi connectivity index (χ3n) is 4.10. The lowest BCUT2D eigenvalue weighted by Gasteiger charge is -2.06. The first-order valence-electron chi connectivity index (χ1n) is 8.66. The lowest BCUT2D eigenvalue weighted by Crippen LogP contribution is -2.19. The van der Waals surface area contributed by atoms with Crippen molar-refractivity contribution in [3.8, 4) is 5.75 Å². The fourth-order valence-corrected chi connectivity index (χ4v) is 4.96. The van der Waals surface area contributed by atoms with Crippen LogP contribution in [0.25, 0.3) is 10.2 Å². The van der Waals surface area contributed by atoms with Gasteiger partial charge in [0.2, 0.25) is 4.80 Å². The lowest BCUT2D eigenvalue weighted by molar-refractivity contribution is -0.384. The van der Waals surface area contributed by atoms with Crippen LogP contribution in [0.4, 0.5) is 5.69 Å². The molecular weight excluding hydrogens is 418 g/mol. The van der Waals surface area contributed by atoms with Crippen molar-refractivity contribution in [2.24, 2.45) is 4.40 Å². The summed E-state index contributed by atoms with van der Waals surface area (Å²) in [6, 6.07) is 10.3. The van der Waals surface area contributed by atoms with E-state index in [4.69, 9.17) is 9.47 Å². The summed E-state index contributed by atoms with van der Waals surface area (Å²) in [5.74, 6) is 0.532. The van der Waals surface area contributed by atoms with Crippen LogP contribution in [0, 0.1) is 10.1 Å². The Morgan fingerprint density at radius 3 is 2.55 bits per heavy atom. The van der Waals surface area contributed by atoms with E-state index in [2.05, 4.69) is 4.40 Å². The van der Waals surface area contributed by atoms with Crippen LogP contribution in [0.3, 0.4) is 0 Å². The highest BCUT2D eigenvalue weighted by atomic mass is 32.2. The number of methoxy groups -OCH3 is 1. The van der Waals surface area contributed by atoms with Crippen LogP contribution in [0.2, 0.25) is 0 Å². The van der Waals surface area contributed by atoms with Crippen molar-refractivity contribution in [2.75, 3.05) is 20.3 Å². The second-order valence-electron chi connectivity index (χ2n) is 5.88. The Bertz CT molecular complexity index is 1200. The number of sulfonamides is 1. The topological polar surface area (TPSA) is 113 Å². The van der Waals surface area contributed by atoms with Crippen LogP contribution in [0.1, 0.15) is 6.92 Å². The molecule has 0 amide bonds. The predicted molar refractivity (Wildman–Crippen MR) is 109 cm³/mol. The molecule has 0 aliphatic heterocycles. The zero-order chi connectivity index (χ0) is 21.0. The third kappa shape index (κ3) is 4.63. The highest BCUT2D eigenvalue weighted by Crippen LogP contribution is 2.24. The Hall–Kier alpha value is -2.76. The normalized spacial score (nSPS) is 12.4. The number of thiazole rings is 1. The highest BCUT2D eigenvalue weighted by molar-refractivity contribution is 7.90. The smallest absolute Gasteiger partial charge is 0.285 e. The van der Waals surface area contributed by atoms with Crippen molar-refractivity contribution in [1.29, 1.82) is 0 Å². The number of benzene rings is 2. The number of fused-ring (bicyclic) bond motifs is 1. The first-order chi connectivity index (χ1) is 13.9. The van der Waals surface area contributed by atoms with Gasteiger partial charge < -0.3 is 14.0 Å². The predicted octanol–water partition coefficient (Wildman–Crippen LogP) is 2.95. The molecule has 1 heterocycles. The number of hydrogen-bond donors (Lipinski definition) is 0. The fraction of sp³-hybridized carbons (Fsp3) is 0.278. The molecule has 9 nitrogen and oxygen atoms in total. The number of nitro benzene ring substituents is 1. The minimum Gasteiger partial charge on any atom is -0.497 e. The second kappa shape index (κ2) is 8.72. The van der Waals surface area contributed by atoms with E-state index in [1.54, 1.807) is 22.8 Å². The van der Waals surface area contributed by atoms with Crippen molar-refractivity contribution in [3.05, 3.63) is 57.4 Å². The van der Waals surface area contributed by atoms with Gasteiger partial charge in [-0.2, -0.15) is 8.42 Å². The largest absolute Gasteiger partial charge is 0.497 e. The zero-order valence-corrected chi connectivity index (χ0v) is 17.4. The molecule has 11 heteroatoms. The third-order valence-corrected chi connectivity index (χ3v) is 6.53. The summed E-state index contributed by atoms with van der Waals surface area (Å²) in [6.07, 6.45) is 0. The van der Waals surface area contributed by atoms with Gasteiger partial charge in [0, 0.05) is 25.3 Å². The molecule has 3 rings (SSSR count). The maximum absolute atomic E-state index is 12.8. The molecule has 0 fully saturated rings. The van der Waals surface area contributed by atoms with E-state index >= 15 is 0 Å². The summed E-state index contributed by atoms with van der Waals surface area (Å²) in [4.78, 5) is 10.8. The Balaban J connectivity index is 2.14. The monoisotopic (exact) mass is 437 g/mol. The van der Waals surface area contributed by atoms with Crippen molar-refractivity contribution in [1.82, 2.24) is 4.57 Å². The van der Waals surface area contributed by atoms with Crippen LogP contribution < -0.4 is 9.54 Å². The van der Waals surface area contributed by atoms with Gasteiger partial charge in [0.25, 0.3) is 15.7 Å². The van der Waals surface area contributed by atoms with E-state index in [1.165, 1.54) is 31.4 Å². The number of nitrogens with zero attached hydrogens (tertiary/aromatic N) is 3. The van der Waals surface area contributed by atoms with Crippen LogP contribution in [0.5, 0.6) is 5.75 Å². The standard InChI is InChI=1S/C18H19N3O6S2/c1-3-27-11-10-20-16-9-4-13(21(22)23)12-17(16)28-18(20)19-29(24,25)15-7-5-14(26-2)6-8-15/h4-9,12H,3,10-11H2,1-2H3. The molecule has 3 aromatic rings. The molecule has 0 bridgehead atoms. The van der Waals surface area contributed by atoms with Gasteiger partial charge in [-0.3, -0.25) is 10.1 Å². The quantitative estimate of drug-likeness (QED) is 0.304. The van der Waals surface area contributed by atoms with Crippen LogP contribution in [0.15, 0.2) is 51.8 Å². The van der Waals surface area contributed by atoms with Gasteiger partial charge in [0.05, 0.1) is 33.8 Å². The molecule has 0 unspecified atom stereocenters. The number of nitro groups is 1. The molecule has 0 saturated carbocycles. The Morgan fingerprint density at radius 2 is 1.93 bits per heavy atom. The molecule has 0 aliphatic rings. The van der Waals surface area contributed by atoms with E-state index in [9.17, 15) is 18.5 Å². The molecule has 154 valence electrons. The zero-order valence-electron chi connectivity index (χ0n) is 15.8. The van der Waals surface area contributed by atoms with E-state index in [0.717, 1.165) is 11.3 Å². The van der Waals surface area contributed by atoms with Gasteiger partial charge in [0.1, 0.15) is 5.75 Å². The Labute approximate surface area is 171 Å². The van der Waals surface area contributed by atoms with Gasteiger partial charge in [0.15, 0.2) is 0 Å². The summed E-state index contributed by atoms with van der Waals surface area (Å²) < 4.78 is 42.3. The molecule has 0 aliphatic carbocycles. The first kappa shape index (κ1) is 21.0. The number of aromatic nitrogens is 1. The molecular formula is C18H19N3O6S2. The van der Waals surface area contributed by atoms with E-state index in [-0.39, 0.29) is 15.4 Å². The SMILES string of the molecule is CCOCCn1c(=NS(=O)(=O)c2ccc(OC)cc2)sc2cc([N+](=O)[O-])ccc21. The van der Waals surface area contributed by atoms with Crippen molar-refractivity contribution in [2.45, 2.75) is 18.4 Å². The van der Waals surface area contributed by atoms with Crippen molar-refractivity contribution in [3.63, 3.8) is 0 Å². The molecule has 29 heavy (non-hydrogen) atoms. The number of hydrogen-bond acceptors (Lipinski definition) is 7. The van der Waals surface area contributed by atoms with Crippen molar-refractivity contribution < 1.29 is 22.8 Å². The first-order valence-corrected chi connectivity index (χ1v) is 10.9. The van der Waals surface area contributed by atoms with E-state index < -0.39 is 14.9 Å². The highest BCUT2D eigenvalue weighted by Gasteiger charge is 2.16. The van der Waals surface area contributed by atoms with Crippen LogP contribution in [-0.4, -0.2) is 38.2 Å². The number of non-ortho nitro benzene ring substituents is 1. The molecule has 1 aromatic heterocycles. The average molecular weight is 437 g/mol. The molecule has 0 atom stereocenters. The van der Waals surface area contributed by atoms with Gasteiger partial charge in [-0.1, -0.05) is 11.3 Å². The Kier molecular flexibility index (Phi) is 6.30. The lowest BCUT2D eigenvalue weighted by atomic mass is 10.3. The van der Waals surface area contributed by atoms with Crippen molar-refractivity contribution >= 4 is 37.3 Å². The summed E-state index contributed by atoms with van der Waals surface area (Å²) in [5, 5.41) is 11.1. The minimum absolute atomic E-state index is 0.0260. The fourth-order valence-electron chi connectivity index (χ4n) is 2.66. The molecule has 0 N–H and O–H groups in total. The van der Waals surface area contributed by atoms with E-state index in [1.807, 2.05) is 6.92 Å². The minimum atomic E-state index is -3.98. The summed E-state index contributed by atoms with van der Waals surface area (Å²) >= 11 is 1.08. The van der Waals surface area contributed by atoms with Gasteiger partial charge in [-0.25, -0.2) is 0 Å². The maximum Gasteiger partial charge on any atom is 0.285 e. The Morgan fingerprint density at radius 1 is 1.21 bits per heavy atom. The van der Waals surface area contributed by atoms with Crippen LogP contribution >= 0.6 is 11.3 Å². The molecule has 0 saturated heterocycles. The summed E-state index contributed by atoms with van der Waals surface area (Å²) in [6.45, 7) is 3.10. The van der Waals surface area contributed by atoms with Gasteiger partial charge in [-0.05, 0) is 37.3 Å². The van der Waals surface area contributed by atoms with Gasteiger partial charge >= 0.3 is 0 Å². The summed E-state index contributed by atoms with van der Waals surface area (Å²) in [7, 11) is -2.49. The molecule has 0 spiro atoms. The number of rotatable bonds is 8. The van der Waals surface area contributed by atoms with E-state index in [0.29, 0.717) is 35.7 Å². The molecule has 0 radical (unpaired) electrons. The molecule has 2 aromatic carbocycles. The van der Waals surface area contributed by atoms with Crippen LogP contribution in [-0.2, 0) is 21.3 Å². The maximum atomic E-state index is 12.8. The van der Waals surface area contributed by atoms with Gasteiger partial charge in [-0.15, -0.1) is 4.40 Å². The number of ether oxygens (including phenoxy) is 2. The average Bonchev–Trinajstić information content (AvgIpc) is 3.04.